The first-order valence-corrected chi connectivity index (χ1v) is 7.06. The van der Waals surface area contributed by atoms with Crippen LogP contribution in [0.15, 0.2) is 36.0 Å². The third kappa shape index (κ3) is 6.84. The number of nitrogens with one attached hydrogen (secondary N) is 1. The Morgan fingerprint density at radius 1 is 1.17 bits per heavy atom. The third-order valence-corrected chi connectivity index (χ3v) is 2.68. The number of carbonyl (C=O) groups is 2. The van der Waals surface area contributed by atoms with E-state index in [0.717, 1.165) is 6.08 Å². The molecule has 0 aliphatic rings. The summed E-state index contributed by atoms with van der Waals surface area (Å²) in [7, 11) is 2.45. The van der Waals surface area contributed by atoms with Gasteiger partial charge in [-0.3, -0.25) is 0 Å². The summed E-state index contributed by atoms with van der Waals surface area (Å²) in [5.41, 5.74) is 0.533. The number of rotatable bonds is 9. The molecule has 0 radical (unpaired) electrons. The molecule has 0 heterocycles. The molecule has 7 heteroatoms. The Kier molecular flexibility index (Phi) is 8.23. The molecule has 1 N–H and O–H groups in total. The van der Waals surface area contributed by atoms with Crippen molar-refractivity contribution in [2.75, 3.05) is 39.4 Å². The van der Waals surface area contributed by atoms with Gasteiger partial charge in [0.25, 0.3) is 0 Å². The lowest BCUT2D eigenvalue weighted by molar-refractivity contribution is -0.138. The van der Waals surface area contributed by atoms with E-state index in [4.69, 9.17) is 9.47 Å². The third-order valence-electron chi connectivity index (χ3n) is 2.68. The zero-order chi connectivity index (χ0) is 17.1. The first-order chi connectivity index (χ1) is 11.1. The van der Waals surface area contributed by atoms with Gasteiger partial charge in [-0.05, 0) is 19.1 Å². The highest BCUT2D eigenvalue weighted by atomic mass is 16.5. The molecule has 1 aromatic rings. The van der Waals surface area contributed by atoms with Gasteiger partial charge in [0, 0.05) is 18.4 Å². The number of esters is 2. The molecular formula is C16H21NO6. The molecule has 126 valence electrons. The molecule has 1 rings (SSSR count). The highest BCUT2D eigenvalue weighted by Crippen LogP contribution is 2.19. The first-order valence-electron chi connectivity index (χ1n) is 7.06. The van der Waals surface area contributed by atoms with Gasteiger partial charge in [-0.25, -0.2) is 9.59 Å². The monoisotopic (exact) mass is 323 g/mol. The number of benzene rings is 1. The number of ether oxygens (including phenoxy) is 4. The molecule has 0 aliphatic heterocycles. The Morgan fingerprint density at radius 2 is 1.96 bits per heavy atom. The smallest absolute Gasteiger partial charge is 0.354 e. The average Bonchev–Trinajstić information content (AvgIpc) is 2.57. The van der Waals surface area contributed by atoms with Gasteiger partial charge in [-0.1, -0.05) is 6.07 Å². The maximum atomic E-state index is 11.7. The summed E-state index contributed by atoms with van der Waals surface area (Å²) < 4.78 is 19.9. The molecule has 23 heavy (non-hydrogen) atoms. The molecule has 0 saturated carbocycles. The minimum absolute atomic E-state index is 0.0363. The number of hydrogen-bond acceptors (Lipinski definition) is 7. The minimum Gasteiger partial charge on any atom is -0.491 e. The van der Waals surface area contributed by atoms with E-state index in [9.17, 15) is 9.59 Å². The van der Waals surface area contributed by atoms with Crippen molar-refractivity contribution >= 4 is 17.6 Å². The van der Waals surface area contributed by atoms with Crippen molar-refractivity contribution in [2.24, 2.45) is 0 Å². The van der Waals surface area contributed by atoms with Gasteiger partial charge in [0.2, 0.25) is 0 Å². The average molecular weight is 323 g/mol. The van der Waals surface area contributed by atoms with Gasteiger partial charge in [-0.2, -0.15) is 0 Å². The van der Waals surface area contributed by atoms with Gasteiger partial charge >= 0.3 is 11.9 Å². The van der Waals surface area contributed by atoms with E-state index in [1.54, 1.807) is 24.3 Å². The van der Waals surface area contributed by atoms with Crippen molar-refractivity contribution in [3.05, 3.63) is 36.0 Å². The largest absolute Gasteiger partial charge is 0.491 e. The summed E-state index contributed by atoms with van der Waals surface area (Å²) in [4.78, 5) is 23.0. The fraction of sp³-hybridized carbons (Fsp3) is 0.375. The predicted octanol–water partition coefficient (Wildman–Crippen LogP) is 1.74. The van der Waals surface area contributed by atoms with Gasteiger partial charge < -0.3 is 24.3 Å². The Bertz CT molecular complexity index is 555. The Hall–Kier alpha value is -2.54. The van der Waals surface area contributed by atoms with E-state index in [1.807, 2.05) is 6.92 Å². The van der Waals surface area contributed by atoms with Crippen LogP contribution in [-0.4, -0.2) is 46.0 Å². The molecule has 0 fully saturated rings. The topological polar surface area (TPSA) is 83.1 Å². The number of methoxy groups -OCH3 is 2. The summed E-state index contributed by atoms with van der Waals surface area (Å²) in [6, 6.07) is 6.95. The van der Waals surface area contributed by atoms with Crippen molar-refractivity contribution in [3.8, 4) is 5.75 Å². The van der Waals surface area contributed by atoms with Crippen molar-refractivity contribution in [3.63, 3.8) is 0 Å². The van der Waals surface area contributed by atoms with Crippen LogP contribution in [0.4, 0.5) is 5.69 Å². The second kappa shape index (κ2) is 10.2. The molecule has 0 bridgehead atoms. The van der Waals surface area contributed by atoms with Crippen LogP contribution in [0, 0.1) is 0 Å². The van der Waals surface area contributed by atoms with E-state index in [-0.39, 0.29) is 5.70 Å². The molecular weight excluding hydrogens is 302 g/mol. The molecule has 0 amide bonds. The first kappa shape index (κ1) is 18.5. The van der Waals surface area contributed by atoms with Crippen LogP contribution in [0.1, 0.15) is 6.92 Å². The summed E-state index contributed by atoms with van der Waals surface area (Å²) in [6.45, 7) is 3.45. The summed E-state index contributed by atoms with van der Waals surface area (Å²) in [6.07, 6.45) is 1.02. The zero-order valence-electron chi connectivity index (χ0n) is 13.5. The standard InChI is InChI=1S/C16H21NO6/c1-4-22-8-9-23-13-7-5-6-12(10-13)17-14(16(19)21-3)11-15(18)20-2/h5-7,10-11,17H,4,8-9H2,1-3H3/b14-11+. The lowest BCUT2D eigenvalue weighted by Crippen LogP contribution is -2.15. The van der Waals surface area contributed by atoms with Gasteiger partial charge in [0.05, 0.1) is 26.9 Å². The van der Waals surface area contributed by atoms with Crippen LogP contribution in [0.25, 0.3) is 0 Å². The predicted molar refractivity (Wildman–Crippen MR) is 84.2 cm³/mol. The maximum Gasteiger partial charge on any atom is 0.354 e. The number of anilines is 1. The fourth-order valence-electron chi connectivity index (χ4n) is 1.61. The Balaban J connectivity index is 2.78. The fourth-order valence-corrected chi connectivity index (χ4v) is 1.61. The molecule has 0 saturated heterocycles. The van der Waals surface area contributed by atoms with Crippen LogP contribution in [-0.2, 0) is 23.8 Å². The van der Waals surface area contributed by atoms with Crippen LogP contribution in [0.3, 0.4) is 0 Å². The molecule has 0 unspecified atom stereocenters. The van der Waals surface area contributed by atoms with Crippen molar-refractivity contribution in [2.45, 2.75) is 6.92 Å². The van der Waals surface area contributed by atoms with Crippen molar-refractivity contribution < 1.29 is 28.5 Å². The van der Waals surface area contributed by atoms with Crippen molar-refractivity contribution in [1.82, 2.24) is 0 Å². The number of hydrogen-bond donors (Lipinski definition) is 1. The van der Waals surface area contributed by atoms with Crippen LogP contribution < -0.4 is 10.1 Å². The second-order valence-electron chi connectivity index (χ2n) is 4.27. The normalized spacial score (nSPS) is 10.8. The molecule has 0 aromatic heterocycles. The summed E-state index contributed by atoms with van der Waals surface area (Å²) in [5.74, 6) is -0.739. The van der Waals surface area contributed by atoms with E-state index in [1.165, 1.54) is 14.2 Å². The van der Waals surface area contributed by atoms with Gasteiger partial charge in [0.1, 0.15) is 18.1 Å². The Morgan fingerprint density at radius 3 is 2.61 bits per heavy atom. The lowest BCUT2D eigenvalue weighted by atomic mass is 10.2. The van der Waals surface area contributed by atoms with E-state index >= 15 is 0 Å². The zero-order valence-corrected chi connectivity index (χ0v) is 13.5. The maximum absolute atomic E-state index is 11.7. The van der Waals surface area contributed by atoms with E-state index in [2.05, 4.69) is 14.8 Å². The van der Waals surface area contributed by atoms with Crippen LogP contribution >= 0.6 is 0 Å². The van der Waals surface area contributed by atoms with E-state index < -0.39 is 11.9 Å². The molecule has 7 nitrogen and oxygen atoms in total. The van der Waals surface area contributed by atoms with Crippen LogP contribution in [0.5, 0.6) is 5.75 Å². The lowest BCUT2D eigenvalue weighted by Gasteiger charge is -2.11. The minimum atomic E-state index is -0.682. The van der Waals surface area contributed by atoms with Gasteiger partial charge in [0.15, 0.2) is 0 Å². The van der Waals surface area contributed by atoms with Gasteiger partial charge in [-0.15, -0.1) is 0 Å². The van der Waals surface area contributed by atoms with Crippen molar-refractivity contribution in [1.29, 1.82) is 0 Å². The quantitative estimate of drug-likeness (QED) is 0.421. The SMILES string of the molecule is CCOCCOc1cccc(N/C(=C/C(=O)OC)C(=O)OC)c1. The molecule has 0 atom stereocenters. The highest BCUT2D eigenvalue weighted by molar-refractivity contribution is 5.98. The highest BCUT2D eigenvalue weighted by Gasteiger charge is 2.13. The van der Waals surface area contributed by atoms with E-state index in [0.29, 0.717) is 31.3 Å². The molecule has 0 aliphatic carbocycles. The summed E-state index contributed by atoms with van der Waals surface area (Å²) >= 11 is 0. The van der Waals surface area contributed by atoms with Crippen LogP contribution in [0.2, 0.25) is 0 Å². The summed E-state index contributed by atoms with van der Waals surface area (Å²) in [5, 5.41) is 2.81. The molecule has 0 spiro atoms. The second-order valence-corrected chi connectivity index (χ2v) is 4.27. The number of carbonyl (C=O) groups excluding carboxylic acids is 2. The Labute approximate surface area is 135 Å². The molecule has 1 aromatic carbocycles.